The first-order valence-electron chi connectivity index (χ1n) is 11.5. The summed E-state index contributed by atoms with van der Waals surface area (Å²) >= 11 is 6.12. The lowest BCUT2D eigenvalue weighted by Gasteiger charge is -2.32. The van der Waals surface area contributed by atoms with Gasteiger partial charge in [-0.25, -0.2) is 8.42 Å². The molecule has 0 saturated carbocycles. The highest BCUT2D eigenvalue weighted by atomic mass is 35.5. The number of benzene rings is 2. The monoisotopic (exact) mass is 539 g/mol. The standard InChI is InChI=1S/C25H34ClN3O6S/c1-6-7-14-27-25(31)18(2)28(16-19-8-11-21(34-3)12-9-19)24(30)17-29(36(5,32)33)22-15-20(26)10-13-23(22)35-4/h8-13,15,18H,6-7,14,16-17H2,1-5H3,(H,27,31)/t18-/m1/s1. The Kier molecular flexibility index (Phi) is 10.9. The number of anilines is 1. The predicted molar refractivity (Wildman–Crippen MR) is 141 cm³/mol. The number of methoxy groups -OCH3 is 2. The van der Waals surface area contributed by atoms with Gasteiger partial charge in [0.2, 0.25) is 21.8 Å². The molecule has 0 aromatic heterocycles. The summed E-state index contributed by atoms with van der Waals surface area (Å²) in [5.41, 5.74) is 0.883. The molecule has 1 N–H and O–H groups in total. The van der Waals surface area contributed by atoms with Gasteiger partial charge in [0.15, 0.2) is 0 Å². The number of ether oxygens (including phenoxy) is 2. The maximum Gasteiger partial charge on any atom is 0.244 e. The van der Waals surface area contributed by atoms with Gasteiger partial charge in [-0.05, 0) is 49.2 Å². The van der Waals surface area contributed by atoms with Gasteiger partial charge in [-0.3, -0.25) is 13.9 Å². The molecule has 0 fully saturated rings. The van der Waals surface area contributed by atoms with Gasteiger partial charge in [0.05, 0.1) is 26.2 Å². The number of sulfonamides is 1. The molecule has 9 nitrogen and oxygen atoms in total. The van der Waals surface area contributed by atoms with E-state index >= 15 is 0 Å². The van der Waals surface area contributed by atoms with Gasteiger partial charge in [0.25, 0.3) is 0 Å². The molecule has 0 aliphatic carbocycles. The fourth-order valence-electron chi connectivity index (χ4n) is 3.50. The Morgan fingerprint density at radius 1 is 1.08 bits per heavy atom. The predicted octanol–water partition coefficient (Wildman–Crippen LogP) is 3.46. The molecular weight excluding hydrogens is 506 g/mol. The summed E-state index contributed by atoms with van der Waals surface area (Å²) in [7, 11) is -0.962. The number of hydrogen-bond acceptors (Lipinski definition) is 6. The largest absolute Gasteiger partial charge is 0.497 e. The quantitative estimate of drug-likeness (QED) is 0.391. The number of carbonyl (C=O) groups is 2. The number of halogens is 1. The van der Waals surface area contributed by atoms with Crippen LogP contribution in [0.4, 0.5) is 5.69 Å². The second kappa shape index (κ2) is 13.4. The van der Waals surface area contributed by atoms with Gasteiger partial charge in [0.1, 0.15) is 24.1 Å². The van der Waals surface area contributed by atoms with Gasteiger partial charge in [-0.2, -0.15) is 0 Å². The van der Waals surface area contributed by atoms with Crippen molar-refractivity contribution >= 4 is 39.1 Å². The summed E-state index contributed by atoms with van der Waals surface area (Å²) in [5, 5.41) is 3.12. The maximum atomic E-state index is 13.6. The van der Waals surface area contributed by atoms with E-state index in [9.17, 15) is 18.0 Å². The second-order valence-electron chi connectivity index (χ2n) is 8.28. The van der Waals surface area contributed by atoms with E-state index in [1.54, 1.807) is 44.4 Å². The number of nitrogens with zero attached hydrogens (tertiary/aromatic N) is 2. The summed E-state index contributed by atoms with van der Waals surface area (Å²) in [4.78, 5) is 27.8. The van der Waals surface area contributed by atoms with Crippen molar-refractivity contribution in [2.45, 2.75) is 39.3 Å². The van der Waals surface area contributed by atoms with Crippen LogP contribution in [0.2, 0.25) is 5.02 Å². The van der Waals surface area contributed by atoms with Crippen molar-refractivity contribution in [2.75, 3.05) is 37.9 Å². The lowest BCUT2D eigenvalue weighted by molar-refractivity contribution is -0.139. The molecule has 2 rings (SSSR count). The number of hydrogen-bond donors (Lipinski definition) is 1. The molecule has 1 atom stereocenters. The Labute approximate surface area is 218 Å². The number of carbonyl (C=O) groups excluding carboxylic acids is 2. The minimum absolute atomic E-state index is 0.0927. The van der Waals surface area contributed by atoms with Crippen LogP contribution in [0.1, 0.15) is 32.3 Å². The summed E-state index contributed by atoms with van der Waals surface area (Å²) < 4.78 is 36.9. The minimum atomic E-state index is -3.91. The molecule has 0 unspecified atom stereocenters. The number of nitrogens with one attached hydrogen (secondary N) is 1. The molecule has 198 valence electrons. The Morgan fingerprint density at radius 2 is 1.75 bits per heavy atom. The zero-order valence-electron chi connectivity index (χ0n) is 21.3. The van der Waals surface area contributed by atoms with E-state index < -0.39 is 28.5 Å². The average Bonchev–Trinajstić information content (AvgIpc) is 2.85. The Balaban J connectivity index is 2.41. The van der Waals surface area contributed by atoms with Gasteiger partial charge >= 0.3 is 0 Å². The molecule has 11 heteroatoms. The molecule has 0 aliphatic rings. The molecule has 2 amide bonds. The highest BCUT2D eigenvalue weighted by Crippen LogP contribution is 2.33. The van der Waals surface area contributed by atoms with Crippen molar-refractivity contribution in [3.63, 3.8) is 0 Å². The molecule has 0 radical (unpaired) electrons. The fraction of sp³-hybridized carbons (Fsp3) is 0.440. The van der Waals surface area contributed by atoms with Crippen molar-refractivity contribution in [1.82, 2.24) is 10.2 Å². The number of rotatable bonds is 13. The van der Waals surface area contributed by atoms with Gasteiger partial charge in [-0.1, -0.05) is 37.1 Å². The summed E-state index contributed by atoms with van der Waals surface area (Å²) in [5.74, 6) is 0.0101. The highest BCUT2D eigenvalue weighted by Gasteiger charge is 2.31. The molecule has 0 heterocycles. The Bertz CT molecular complexity index is 1140. The first-order valence-corrected chi connectivity index (χ1v) is 13.8. The van der Waals surface area contributed by atoms with Crippen LogP contribution < -0.4 is 19.1 Å². The van der Waals surface area contributed by atoms with Crippen LogP contribution in [0.5, 0.6) is 11.5 Å². The third-order valence-electron chi connectivity index (χ3n) is 5.60. The molecule has 2 aromatic carbocycles. The van der Waals surface area contributed by atoms with E-state index in [4.69, 9.17) is 21.1 Å². The van der Waals surface area contributed by atoms with Crippen LogP contribution in [0.25, 0.3) is 0 Å². The van der Waals surface area contributed by atoms with E-state index in [1.165, 1.54) is 24.1 Å². The van der Waals surface area contributed by atoms with Crippen molar-refractivity contribution in [1.29, 1.82) is 0 Å². The van der Waals surface area contributed by atoms with E-state index in [2.05, 4.69) is 5.32 Å². The number of unbranched alkanes of at least 4 members (excludes halogenated alkanes) is 1. The summed E-state index contributed by atoms with van der Waals surface area (Å²) in [6.07, 6.45) is 2.71. The van der Waals surface area contributed by atoms with Crippen LogP contribution in [0.15, 0.2) is 42.5 Å². The van der Waals surface area contributed by atoms with Crippen LogP contribution in [-0.2, 0) is 26.2 Å². The van der Waals surface area contributed by atoms with Crippen LogP contribution in [0.3, 0.4) is 0 Å². The van der Waals surface area contributed by atoms with Crippen LogP contribution in [-0.4, -0.2) is 64.7 Å². The maximum absolute atomic E-state index is 13.6. The van der Waals surface area contributed by atoms with Crippen molar-refractivity contribution in [2.24, 2.45) is 0 Å². The van der Waals surface area contributed by atoms with Gasteiger partial charge in [0, 0.05) is 18.1 Å². The second-order valence-corrected chi connectivity index (χ2v) is 10.6. The van der Waals surface area contributed by atoms with Gasteiger partial charge in [-0.15, -0.1) is 0 Å². The minimum Gasteiger partial charge on any atom is -0.497 e. The van der Waals surface area contributed by atoms with Crippen LogP contribution in [0, 0.1) is 0 Å². The molecule has 36 heavy (non-hydrogen) atoms. The smallest absolute Gasteiger partial charge is 0.244 e. The molecular formula is C25H34ClN3O6S. The third kappa shape index (κ3) is 8.03. The summed E-state index contributed by atoms with van der Waals surface area (Å²) in [6, 6.07) is 10.7. The average molecular weight is 540 g/mol. The van der Waals surface area contributed by atoms with Crippen molar-refractivity contribution < 1.29 is 27.5 Å². The Morgan fingerprint density at radius 3 is 2.31 bits per heavy atom. The third-order valence-corrected chi connectivity index (χ3v) is 6.96. The normalized spacial score (nSPS) is 11.9. The Hall–Kier alpha value is -2.98. The fourth-order valence-corrected chi connectivity index (χ4v) is 4.51. The lowest BCUT2D eigenvalue weighted by Crippen LogP contribution is -2.51. The molecule has 0 bridgehead atoms. The zero-order chi connectivity index (χ0) is 26.9. The highest BCUT2D eigenvalue weighted by molar-refractivity contribution is 7.92. The number of amides is 2. The molecule has 0 aliphatic heterocycles. The van der Waals surface area contributed by atoms with E-state index in [1.807, 2.05) is 6.92 Å². The van der Waals surface area contributed by atoms with E-state index in [-0.39, 0.29) is 28.9 Å². The van der Waals surface area contributed by atoms with E-state index in [0.717, 1.165) is 29.0 Å². The van der Waals surface area contributed by atoms with E-state index in [0.29, 0.717) is 12.3 Å². The molecule has 2 aromatic rings. The molecule has 0 spiro atoms. The first-order chi connectivity index (χ1) is 17.0. The van der Waals surface area contributed by atoms with Crippen molar-refractivity contribution in [3.05, 3.63) is 53.1 Å². The van der Waals surface area contributed by atoms with Crippen molar-refractivity contribution in [3.8, 4) is 11.5 Å². The zero-order valence-corrected chi connectivity index (χ0v) is 22.9. The summed E-state index contributed by atoms with van der Waals surface area (Å²) in [6.45, 7) is 3.67. The topological polar surface area (TPSA) is 105 Å². The van der Waals surface area contributed by atoms with Crippen LogP contribution >= 0.6 is 11.6 Å². The first kappa shape index (κ1) is 29.3. The van der Waals surface area contributed by atoms with Gasteiger partial charge < -0.3 is 19.7 Å². The SMILES string of the molecule is CCCCNC(=O)[C@@H](C)N(Cc1ccc(OC)cc1)C(=O)CN(c1cc(Cl)ccc1OC)S(C)(=O)=O. The molecule has 0 saturated heterocycles. The lowest BCUT2D eigenvalue weighted by atomic mass is 10.1.